The molecule has 0 bridgehead atoms. The van der Waals surface area contributed by atoms with Gasteiger partial charge in [0.2, 0.25) is 0 Å². The van der Waals surface area contributed by atoms with Gasteiger partial charge in [0.05, 0.1) is 23.1 Å². The fraction of sp³-hybridized carbons (Fsp3) is 0.0714. The zero-order chi connectivity index (χ0) is 15.9. The third-order valence-corrected chi connectivity index (χ3v) is 3.96. The molecule has 1 aliphatic rings. The Morgan fingerprint density at radius 3 is 2.50 bits per heavy atom. The maximum atomic E-state index is 12.2. The predicted octanol–water partition coefficient (Wildman–Crippen LogP) is 1.08. The normalized spacial score (nSPS) is 16.6. The third kappa shape index (κ3) is 2.21. The summed E-state index contributed by atoms with van der Waals surface area (Å²) in [5.74, 6) is -0.322. The van der Waals surface area contributed by atoms with Gasteiger partial charge in [0.25, 0.3) is 5.56 Å². The molecule has 2 aromatic rings. The Kier molecular flexibility index (Phi) is 3.35. The van der Waals surface area contributed by atoms with Crippen molar-refractivity contribution in [3.05, 3.63) is 72.1 Å². The number of nitriles is 1. The van der Waals surface area contributed by atoms with Gasteiger partial charge in [-0.1, -0.05) is 28.1 Å². The first kappa shape index (κ1) is 14.2. The van der Waals surface area contributed by atoms with Crippen LogP contribution in [0.3, 0.4) is 0 Å². The SMILES string of the molecule is N#CC1=C(N)Nc2[nH]c(=O)[nH]c(=O)c2[C@@H]1c1ccc(Br)cc1. The van der Waals surface area contributed by atoms with Crippen molar-refractivity contribution in [1.82, 2.24) is 9.97 Å². The fourth-order valence-corrected chi connectivity index (χ4v) is 2.75. The molecule has 0 fully saturated rings. The molecule has 110 valence electrons. The summed E-state index contributed by atoms with van der Waals surface area (Å²) in [7, 11) is 0. The molecular weight excluding hydrogens is 350 g/mol. The summed E-state index contributed by atoms with van der Waals surface area (Å²) in [4.78, 5) is 28.3. The Morgan fingerprint density at radius 1 is 1.18 bits per heavy atom. The second-order valence-electron chi connectivity index (χ2n) is 4.75. The summed E-state index contributed by atoms with van der Waals surface area (Å²) >= 11 is 3.34. The van der Waals surface area contributed by atoms with Gasteiger partial charge in [-0.25, -0.2) is 4.79 Å². The molecule has 0 aliphatic carbocycles. The van der Waals surface area contributed by atoms with Crippen LogP contribution in [0.1, 0.15) is 17.0 Å². The lowest BCUT2D eigenvalue weighted by molar-refractivity contribution is 0.865. The Labute approximate surface area is 132 Å². The molecule has 2 heterocycles. The van der Waals surface area contributed by atoms with Crippen LogP contribution in [0.25, 0.3) is 0 Å². The first-order valence-electron chi connectivity index (χ1n) is 6.30. The van der Waals surface area contributed by atoms with Crippen LogP contribution in [0.5, 0.6) is 0 Å². The van der Waals surface area contributed by atoms with Gasteiger partial charge in [0.15, 0.2) is 0 Å². The summed E-state index contributed by atoms with van der Waals surface area (Å²) in [6, 6.07) is 9.23. The Morgan fingerprint density at radius 2 is 1.86 bits per heavy atom. The van der Waals surface area contributed by atoms with Crippen LogP contribution in [0, 0.1) is 11.3 Å². The number of fused-ring (bicyclic) bond motifs is 1. The average Bonchev–Trinajstić information content (AvgIpc) is 2.46. The number of benzene rings is 1. The van der Waals surface area contributed by atoms with Crippen molar-refractivity contribution < 1.29 is 0 Å². The Bertz CT molecular complexity index is 933. The minimum atomic E-state index is -0.644. The number of H-pyrrole nitrogens is 2. The largest absolute Gasteiger partial charge is 0.384 e. The number of allylic oxidation sites excluding steroid dienone is 1. The van der Waals surface area contributed by atoms with Crippen LogP contribution >= 0.6 is 15.9 Å². The number of aromatic nitrogens is 2. The van der Waals surface area contributed by atoms with Crippen molar-refractivity contribution in [2.75, 3.05) is 5.32 Å². The summed E-state index contributed by atoms with van der Waals surface area (Å²) in [6.45, 7) is 0. The predicted molar refractivity (Wildman–Crippen MR) is 84.1 cm³/mol. The number of hydrogen-bond donors (Lipinski definition) is 4. The van der Waals surface area contributed by atoms with E-state index in [4.69, 9.17) is 5.73 Å². The number of nitrogens with two attached hydrogens (primary N) is 1. The zero-order valence-corrected chi connectivity index (χ0v) is 12.7. The van der Waals surface area contributed by atoms with Crippen LogP contribution in [0.15, 0.2) is 49.7 Å². The molecule has 0 spiro atoms. The maximum Gasteiger partial charge on any atom is 0.327 e. The number of nitrogens with zero attached hydrogens (tertiary/aromatic N) is 1. The van der Waals surface area contributed by atoms with E-state index in [0.717, 1.165) is 10.0 Å². The van der Waals surface area contributed by atoms with Crippen LogP contribution in [0.2, 0.25) is 0 Å². The quantitative estimate of drug-likeness (QED) is 0.605. The van der Waals surface area contributed by atoms with E-state index in [1.54, 1.807) is 12.1 Å². The molecule has 0 saturated heterocycles. The van der Waals surface area contributed by atoms with Crippen LogP contribution in [-0.4, -0.2) is 9.97 Å². The molecule has 0 saturated carbocycles. The van der Waals surface area contributed by atoms with Gasteiger partial charge in [0, 0.05) is 4.47 Å². The van der Waals surface area contributed by atoms with Crippen molar-refractivity contribution in [1.29, 1.82) is 5.26 Å². The van der Waals surface area contributed by atoms with Gasteiger partial charge in [-0.15, -0.1) is 0 Å². The second kappa shape index (κ2) is 5.20. The number of rotatable bonds is 1. The molecule has 1 aromatic heterocycles. The molecule has 1 aliphatic heterocycles. The summed E-state index contributed by atoms with van der Waals surface area (Å²) in [5.41, 5.74) is 5.88. The molecule has 5 N–H and O–H groups in total. The van der Waals surface area contributed by atoms with Gasteiger partial charge in [-0.3, -0.25) is 14.8 Å². The highest BCUT2D eigenvalue weighted by Gasteiger charge is 2.32. The smallest absolute Gasteiger partial charge is 0.327 e. The van der Waals surface area contributed by atoms with E-state index >= 15 is 0 Å². The molecular formula is C14H10BrN5O2. The molecule has 0 unspecified atom stereocenters. The number of anilines is 1. The lowest BCUT2D eigenvalue weighted by Crippen LogP contribution is -2.34. The minimum Gasteiger partial charge on any atom is -0.384 e. The molecule has 7 nitrogen and oxygen atoms in total. The number of hydrogen-bond acceptors (Lipinski definition) is 5. The van der Waals surface area contributed by atoms with Crippen LogP contribution in [-0.2, 0) is 0 Å². The summed E-state index contributed by atoms with van der Waals surface area (Å²) < 4.78 is 0.872. The molecule has 22 heavy (non-hydrogen) atoms. The lowest BCUT2D eigenvalue weighted by atomic mass is 9.84. The summed E-state index contributed by atoms with van der Waals surface area (Å²) in [5, 5.41) is 12.1. The first-order valence-corrected chi connectivity index (χ1v) is 7.09. The molecule has 0 amide bonds. The van der Waals surface area contributed by atoms with Gasteiger partial charge >= 0.3 is 5.69 Å². The molecule has 1 atom stereocenters. The van der Waals surface area contributed by atoms with Crippen molar-refractivity contribution in [3.8, 4) is 6.07 Å². The van der Waals surface area contributed by atoms with E-state index in [0.29, 0.717) is 0 Å². The van der Waals surface area contributed by atoms with Gasteiger partial charge < -0.3 is 11.1 Å². The molecule has 8 heteroatoms. The van der Waals surface area contributed by atoms with Crippen LogP contribution in [0.4, 0.5) is 5.82 Å². The summed E-state index contributed by atoms with van der Waals surface area (Å²) in [6.07, 6.45) is 0. The highest BCUT2D eigenvalue weighted by molar-refractivity contribution is 9.10. The van der Waals surface area contributed by atoms with Gasteiger partial charge in [-0.05, 0) is 17.7 Å². The van der Waals surface area contributed by atoms with Crippen molar-refractivity contribution >= 4 is 21.7 Å². The molecule has 0 radical (unpaired) electrons. The maximum absolute atomic E-state index is 12.2. The molecule has 1 aromatic carbocycles. The van der Waals surface area contributed by atoms with E-state index in [1.165, 1.54) is 0 Å². The minimum absolute atomic E-state index is 0.115. The van der Waals surface area contributed by atoms with Gasteiger partial charge in [0.1, 0.15) is 11.6 Å². The van der Waals surface area contributed by atoms with Crippen molar-refractivity contribution in [2.45, 2.75) is 5.92 Å². The van der Waals surface area contributed by atoms with Gasteiger partial charge in [-0.2, -0.15) is 5.26 Å². The Hall–Kier alpha value is -2.79. The van der Waals surface area contributed by atoms with Crippen molar-refractivity contribution in [2.24, 2.45) is 5.73 Å². The lowest BCUT2D eigenvalue weighted by Gasteiger charge is -2.25. The third-order valence-electron chi connectivity index (χ3n) is 3.43. The van der Waals surface area contributed by atoms with E-state index < -0.39 is 17.2 Å². The van der Waals surface area contributed by atoms with E-state index in [1.807, 2.05) is 18.2 Å². The Balaban J connectivity index is 2.32. The standard InChI is InChI=1S/C14H10BrN5O2/c15-7-3-1-6(2-4-7)9-8(5-16)11(17)18-12-10(9)13(21)20-14(22)19-12/h1-4,9H,17H2,(H3,18,19,20,21,22)/t9-/m1/s1. The van der Waals surface area contributed by atoms with E-state index in [-0.39, 0.29) is 22.8 Å². The fourth-order valence-electron chi connectivity index (χ4n) is 2.49. The number of aromatic amines is 2. The molecule has 3 rings (SSSR count). The topological polar surface area (TPSA) is 128 Å². The van der Waals surface area contributed by atoms with E-state index in [2.05, 4.69) is 31.2 Å². The number of halogens is 1. The average molecular weight is 360 g/mol. The first-order chi connectivity index (χ1) is 10.5. The monoisotopic (exact) mass is 359 g/mol. The second-order valence-corrected chi connectivity index (χ2v) is 5.66. The zero-order valence-electron chi connectivity index (χ0n) is 11.1. The highest BCUT2D eigenvalue weighted by Crippen LogP contribution is 2.37. The van der Waals surface area contributed by atoms with E-state index in [9.17, 15) is 14.9 Å². The highest BCUT2D eigenvalue weighted by atomic mass is 79.9. The van der Waals surface area contributed by atoms with Crippen molar-refractivity contribution in [3.63, 3.8) is 0 Å². The number of nitrogens with one attached hydrogen (secondary N) is 3. The van der Waals surface area contributed by atoms with Crippen LogP contribution < -0.4 is 22.3 Å².